The van der Waals surface area contributed by atoms with Crippen LogP contribution in [-0.4, -0.2) is 38.3 Å². The molecule has 0 fully saturated rings. The zero-order valence-electron chi connectivity index (χ0n) is 19.2. The van der Waals surface area contributed by atoms with E-state index in [-0.39, 0.29) is 23.5 Å². The summed E-state index contributed by atoms with van der Waals surface area (Å²) in [5, 5.41) is 3.04. The molecule has 0 unspecified atom stereocenters. The molecule has 3 aromatic rings. The topological polar surface area (TPSA) is 75.7 Å². The predicted octanol–water partition coefficient (Wildman–Crippen LogP) is 4.31. The standard InChI is InChI=1S/C26H30N2O4S/c1-4-28(5-2)33(30,31)23-16-17-24(20(3)18-23)32-19-25(29)27-26(21-12-8-6-9-13-21)22-14-10-7-11-15-22/h6-18,26H,4-5,19H2,1-3H3,(H,27,29). The molecule has 1 amide bonds. The maximum atomic E-state index is 12.7. The van der Waals surface area contributed by atoms with Gasteiger partial charge in [0, 0.05) is 13.1 Å². The Bertz CT molecular complexity index is 1120. The second-order valence-electron chi connectivity index (χ2n) is 7.63. The van der Waals surface area contributed by atoms with Crippen molar-refractivity contribution in [2.75, 3.05) is 19.7 Å². The fraction of sp³-hybridized carbons (Fsp3) is 0.269. The smallest absolute Gasteiger partial charge is 0.258 e. The summed E-state index contributed by atoms with van der Waals surface area (Å²) < 4.78 is 32.6. The Labute approximate surface area is 196 Å². The van der Waals surface area contributed by atoms with Crippen molar-refractivity contribution in [3.05, 3.63) is 95.6 Å². The van der Waals surface area contributed by atoms with Crippen molar-refractivity contribution >= 4 is 15.9 Å². The largest absolute Gasteiger partial charge is 0.484 e. The highest BCUT2D eigenvalue weighted by atomic mass is 32.2. The van der Waals surface area contributed by atoms with Crippen LogP contribution in [0.2, 0.25) is 0 Å². The first-order valence-electron chi connectivity index (χ1n) is 11.0. The van der Waals surface area contributed by atoms with Gasteiger partial charge in [-0.1, -0.05) is 74.5 Å². The average molecular weight is 467 g/mol. The third kappa shape index (κ3) is 6.00. The van der Waals surface area contributed by atoms with Crippen LogP contribution in [-0.2, 0) is 14.8 Å². The third-order valence-corrected chi connectivity index (χ3v) is 7.47. The number of amides is 1. The van der Waals surface area contributed by atoms with Crippen LogP contribution < -0.4 is 10.1 Å². The van der Waals surface area contributed by atoms with E-state index in [0.717, 1.165) is 11.1 Å². The molecule has 0 radical (unpaired) electrons. The number of carbonyl (C=O) groups is 1. The minimum atomic E-state index is -3.55. The van der Waals surface area contributed by atoms with Gasteiger partial charge in [0.25, 0.3) is 5.91 Å². The van der Waals surface area contributed by atoms with Crippen molar-refractivity contribution in [1.29, 1.82) is 0 Å². The number of benzene rings is 3. The number of ether oxygens (including phenoxy) is 1. The molecule has 0 aliphatic heterocycles. The molecule has 0 atom stereocenters. The van der Waals surface area contributed by atoms with E-state index in [0.29, 0.717) is 24.4 Å². The average Bonchev–Trinajstić information content (AvgIpc) is 2.83. The molecule has 0 aliphatic rings. The fourth-order valence-electron chi connectivity index (χ4n) is 3.65. The van der Waals surface area contributed by atoms with Crippen LogP contribution in [0.15, 0.2) is 83.8 Å². The summed E-state index contributed by atoms with van der Waals surface area (Å²) in [5.41, 5.74) is 2.59. The first-order chi connectivity index (χ1) is 15.9. The van der Waals surface area contributed by atoms with Crippen molar-refractivity contribution in [2.45, 2.75) is 31.7 Å². The number of rotatable bonds is 10. The van der Waals surface area contributed by atoms with E-state index in [2.05, 4.69) is 5.32 Å². The predicted molar refractivity (Wildman–Crippen MR) is 130 cm³/mol. The summed E-state index contributed by atoms with van der Waals surface area (Å²) in [7, 11) is -3.55. The van der Waals surface area contributed by atoms with E-state index in [4.69, 9.17) is 4.74 Å². The van der Waals surface area contributed by atoms with Gasteiger partial charge in [-0.15, -0.1) is 0 Å². The van der Waals surface area contributed by atoms with Gasteiger partial charge in [0.05, 0.1) is 10.9 Å². The number of sulfonamides is 1. The van der Waals surface area contributed by atoms with Crippen LogP contribution in [0.25, 0.3) is 0 Å². The van der Waals surface area contributed by atoms with Crippen LogP contribution in [0.5, 0.6) is 5.75 Å². The molecule has 0 heterocycles. The molecule has 3 aromatic carbocycles. The number of carbonyl (C=O) groups excluding carboxylic acids is 1. The minimum Gasteiger partial charge on any atom is -0.484 e. The van der Waals surface area contributed by atoms with Gasteiger partial charge in [0.1, 0.15) is 5.75 Å². The number of hydrogen-bond donors (Lipinski definition) is 1. The van der Waals surface area contributed by atoms with E-state index in [9.17, 15) is 13.2 Å². The Morgan fingerprint density at radius 3 is 1.94 bits per heavy atom. The van der Waals surface area contributed by atoms with Crippen molar-refractivity contribution in [3.8, 4) is 5.75 Å². The molecule has 6 nitrogen and oxygen atoms in total. The van der Waals surface area contributed by atoms with Crippen LogP contribution in [0.3, 0.4) is 0 Å². The Kier molecular flexibility index (Phi) is 8.25. The van der Waals surface area contributed by atoms with Gasteiger partial charge in [-0.3, -0.25) is 4.79 Å². The maximum absolute atomic E-state index is 12.7. The molecule has 0 bridgehead atoms. The molecule has 174 valence electrons. The summed E-state index contributed by atoms with van der Waals surface area (Å²) in [6.07, 6.45) is 0. The summed E-state index contributed by atoms with van der Waals surface area (Å²) in [5.74, 6) is 0.201. The Hall–Kier alpha value is -3.16. The quantitative estimate of drug-likeness (QED) is 0.483. The van der Waals surface area contributed by atoms with Crippen molar-refractivity contribution in [1.82, 2.24) is 9.62 Å². The lowest BCUT2D eigenvalue weighted by molar-refractivity contribution is -0.123. The highest BCUT2D eigenvalue weighted by Gasteiger charge is 2.22. The molecular formula is C26H30N2O4S. The molecule has 1 N–H and O–H groups in total. The molecule has 33 heavy (non-hydrogen) atoms. The van der Waals surface area contributed by atoms with E-state index in [1.54, 1.807) is 19.1 Å². The lowest BCUT2D eigenvalue weighted by Gasteiger charge is -2.21. The van der Waals surface area contributed by atoms with E-state index >= 15 is 0 Å². The monoisotopic (exact) mass is 466 g/mol. The van der Waals surface area contributed by atoms with Gasteiger partial charge in [0.2, 0.25) is 10.0 Å². The molecule has 0 saturated heterocycles. The SMILES string of the molecule is CCN(CC)S(=O)(=O)c1ccc(OCC(=O)NC(c2ccccc2)c2ccccc2)c(C)c1. The Morgan fingerprint density at radius 2 is 1.45 bits per heavy atom. The van der Waals surface area contributed by atoms with Crippen molar-refractivity contribution < 1.29 is 17.9 Å². The Morgan fingerprint density at radius 1 is 0.909 bits per heavy atom. The maximum Gasteiger partial charge on any atom is 0.258 e. The molecule has 7 heteroatoms. The highest BCUT2D eigenvalue weighted by Crippen LogP contribution is 2.25. The molecule has 0 spiro atoms. The zero-order chi connectivity index (χ0) is 23.8. The third-order valence-electron chi connectivity index (χ3n) is 5.42. The highest BCUT2D eigenvalue weighted by molar-refractivity contribution is 7.89. The summed E-state index contributed by atoms with van der Waals surface area (Å²) in [4.78, 5) is 13.0. The summed E-state index contributed by atoms with van der Waals surface area (Å²) in [6, 6.07) is 23.9. The van der Waals surface area contributed by atoms with Gasteiger partial charge >= 0.3 is 0 Å². The van der Waals surface area contributed by atoms with Gasteiger partial charge in [-0.05, 0) is 41.8 Å². The molecule has 0 saturated carbocycles. The van der Waals surface area contributed by atoms with E-state index in [1.807, 2.05) is 74.5 Å². The van der Waals surface area contributed by atoms with Crippen LogP contribution in [0.1, 0.15) is 36.6 Å². The van der Waals surface area contributed by atoms with Gasteiger partial charge < -0.3 is 10.1 Å². The fourth-order valence-corrected chi connectivity index (χ4v) is 5.20. The van der Waals surface area contributed by atoms with Gasteiger partial charge in [-0.25, -0.2) is 8.42 Å². The first-order valence-corrected chi connectivity index (χ1v) is 12.4. The first kappa shape index (κ1) is 24.5. The number of aryl methyl sites for hydroxylation is 1. The lowest BCUT2D eigenvalue weighted by Crippen LogP contribution is -2.33. The lowest BCUT2D eigenvalue weighted by atomic mass is 9.99. The molecule has 0 aliphatic carbocycles. The van der Waals surface area contributed by atoms with Crippen LogP contribution in [0.4, 0.5) is 0 Å². The van der Waals surface area contributed by atoms with Crippen molar-refractivity contribution in [3.63, 3.8) is 0 Å². The number of hydrogen-bond acceptors (Lipinski definition) is 4. The second kappa shape index (κ2) is 11.1. The number of nitrogens with one attached hydrogen (secondary N) is 1. The molecule has 0 aromatic heterocycles. The van der Waals surface area contributed by atoms with Gasteiger partial charge in [0.15, 0.2) is 6.61 Å². The van der Waals surface area contributed by atoms with Gasteiger partial charge in [-0.2, -0.15) is 4.31 Å². The van der Waals surface area contributed by atoms with Crippen LogP contribution in [0, 0.1) is 6.92 Å². The normalized spacial score (nSPS) is 11.5. The summed E-state index contributed by atoms with van der Waals surface area (Å²) in [6.45, 7) is 6.01. The zero-order valence-corrected chi connectivity index (χ0v) is 20.0. The second-order valence-corrected chi connectivity index (χ2v) is 9.57. The van der Waals surface area contributed by atoms with Crippen LogP contribution >= 0.6 is 0 Å². The van der Waals surface area contributed by atoms with E-state index < -0.39 is 10.0 Å². The van der Waals surface area contributed by atoms with E-state index in [1.165, 1.54) is 10.4 Å². The molecular weight excluding hydrogens is 436 g/mol. The minimum absolute atomic E-state index is 0.181. The van der Waals surface area contributed by atoms with Crippen molar-refractivity contribution in [2.24, 2.45) is 0 Å². The Balaban J connectivity index is 1.71. The number of nitrogens with zero attached hydrogens (tertiary/aromatic N) is 1. The summed E-state index contributed by atoms with van der Waals surface area (Å²) >= 11 is 0. The molecule has 3 rings (SSSR count).